The summed E-state index contributed by atoms with van der Waals surface area (Å²) in [6.07, 6.45) is 3.76. The number of halogens is 2. The molecule has 0 unspecified atom stereocenters. The van der Waals surface area contributed by atoms with Crippen LogP contribution in [0.5, 0.6) is 5.75 Å². The minimum atomic E-state index is -0.138. The predicted molar refractivity (Wildman–Crippen MR) is 164 cm³/mol. The van der Waals surface area contributed by atoms with Gasteiger partial charge in [0.05, 0.1) is 16.3 Å². The maximum atomic E-state index is 13.9. The van der Waals surface area contributed by atoms with Crippen molar-refractivity contribution in [1.29, 1.82) is 0 Å². The standard InChI is InChI=1S/C32H22Cl2N2O2S2/c33-22-12-10-21(26(34)17-22)18-38-23-7-3-5-19(15-23)16-28-31(37)36-30(27-9-4-14-39-27)25-13-11-20-6-1-2-8-24(20)29(25)35-32(36)40-28/h1-10,12,14-17,30H,11,13,18H2/b28-16+/t30-/m0/s1. The number of allylic oxidation sites excluding steroid dienone is 1. The third kappa shape index (κ3) is 4.65. The molecule has 3 aromatic carbocycles. The smallest absolute Gasteiger partial charge is 0.271 e. The first-order valence-electron chi connectivity index (χ1n) is 12.9. The van der Waals surface area contributed by atoms with Crippen LogP contribution >= 0.6 is 45.9 Å². The monoisotopic (exact) mass is 600 g/mol. The van der Waals surface area contributed by atoms with Crippen LogP contribution in [0.15, 0.2) is 99.6 Å². The number of hydrogen-bond acceptors (Lipinski definition) is 5. The maximum absolute atomic E-state index is 13.9. The zero-order valence-corrected chi connectivity index (χ0v) is 24.3. The quantitative estimate of drug-likeness (QED) is 0.213. The first-order chi connectivity index (χ1) is 19.5. The number of thiazole rings is 1. The van der Waals surface area contributed by atoms with Gasteiger partial charge in [-0.15, -0.1) is 11.3 Å². The normalized spacial score (nSPS) is 16.2. The molecule has 2 aliphatic rings. The average molecular weight is 602 g/mol. The van der Waals surface area contributed by atoms with Gasteiger partial charge in [0, 0.05) is 26.0 Å². The molecule has 198 valence electrons. The Morgan fingerprint density at radius 2 is 1.90 bits per heavy atom. The lowest BCUT2D eigenvalue weighted by atomic mass is 9.85. The van der Waals surface area contributed by atoms with Crippen LogP contribution in [-0.2, 0) is 13.0 Å². The highest BCUT2D eigenvalue weighted by Crippen LogP contribution is 2.42. The molecule has 40 heavy (non-hydrogen) atoms. The highest BCUT2D eigenvalue weighted by atomic mass is 35.5. The average Bonchev–Trinajstić information content (AvgIpc) is 3.60. The van der Waals surface area contributed by atoms with Crippen molar-refractivity contribution in [3.8, 4) is 5.75 Å². The van der Waals surface area contributed by atoms with Gasteiger partial charge in [-0.1, -0.05) is 83.1 Å². The second-order valence-corrected chi connectivity index (χ2v) is 12.6. The van der Waals surface area contributed by atoms with Crippen LogP contribution < -0.4 is 19.6 Å². The minimum Gasteiger partial charge on any atom is -0.489 e. The molecular formula is C32H22Cl2N2O2S2. The summed E-state index contributed by atoms with van der Waals surface area (Å²) in [6, 6.07) is 25.6. The van der Waals surface area contributed by atoms with Crippen molar-refractivity contribution in [2.75, 3.05) is 0 Å². The van der Waals surface area contributed by atoms with Gasteiger partial charge in [0.2, 0.25) is 0 Å². The highest BCUT2D eigenvalue weighted by molar-refractivity contribution is 7.10. The van der Waals surface area contributed by atoms with Crippen molar-refractivity contribution >= 4 is 57.6 Å². The Bertz CT molecular complexity index is 1970. The van der Waals surface area contributed by atoms with Crippen molar-refractivity contribution in [3.63, 3.8) is 0 Å². The van der Waals surface area contributed by atoms with Gasteiger partial charge in [0.15, 0.2) is 4.80 Å². The molecule has 1 atom stereocenters. The van der Waals surface area contributed by atoms with E-state index in [0.29, 0.717) is 26.9 Å². The van der Waals surface area contributed by atoms with Gasteiger partial charge in [0.1, 0.15) is 12.4 Å². The van der Waals surface area contributed by atoms with Crippen LogP contribution in [0.2, 0.25) is 10.0 Å². The molecule has 0 amide bonds. The first kappa shape index (κ1) is 25.5. The summed E-state index contributed by atoms with van der Waals surface area (Å²) in [4.78, 5) is 20.9. The van der Waals surface area contributed by atoms with E-state index in [-0.39, 0.29) is 11.6 Å². The number of aryl methyl sites for hydroxylation is 1. The molecule has 4 nitrogen and oxygen atoms in total. The Hall–Kier alpha value is -3.42. The number of hydrogen-bond donors (Lipinski definition) is 0. The lowest BCUT2D eigenvalue weighted by Gasteiger charge is -2.30. The molecule has 0 radical (unpaired) electrons. The Balaban J connectivity index is 1.28. The SMILES string of the molecule is O=c1/c(=C\c2cccc(OCc3ccc(Cl)cc3Cl)c2)sc2n1[C@H](c1cccs1)C1=C(N=2)c2ccccc2CC1. The van der Waals surface area contributed by atoms with Gasteiger partial charge < -0.3 is 4.74 Å². The Morgan fingerprint density at radius 3 is 2.75 bits per heavy atom. The molecule has 0 saturated carbocycles. The molecule has 2 aromatic heterocycles. The molecule has 1 aliphatic heterocycles. The van der Waals surface area contributed by atoms with Crippen LogP contribution in [0.3, 0.4) is 0 Å². The van der Waals surface area contributed by atoms with Crippen molar-refractivity contribution in [2.24, 2.45) is 4.99 Å². The Labute approximate surface area is 248 Å². The molecule has 0 spiro atoms. The molecule has 7 rings (SSSR count). The molecule has 1 aliphatic carbocycles. The van der Waals surface area contributed by atoms with E-state index in [1.165, 1.54) is 28.0 Å². The molecule has 8 heteroatoms. The second kappa shape index (κ2) is 10.5. The van der Waals surface area contributed by atoms with E-state index >= 15 is 0 Å². The number of fused-ring (bicyclic) bond motifs is 3. The first-order valence-corrected chi connectivity index (χ1v) is 15.3. The molecule has 0 saturated heterocycles. The number of rotatable bonds is 5. The van der Waals surface area contributed by atoms with Crippen LogP contribution in [-0.4, -0.2) is 4.57 Å². The summed E-state index contributed by atoms with van der Waals surface area (Å²) in [5, 5.41) is 3.23. The topological polar surface area (TPSA) is 43.6 Å². The van der Waals surface area contributed by atoms with Gasteiger partial charge in [0.25, 0.3) is 5.56 Å². The van der Waals surface area contributed by atoms with E-state index in [9.17, 15) is 4.79 Å². The Kier molecular flexibility index (Phi) is 6.72. The van der Waals surface area contributed by atoms with Crippen molar-refractivity contribution in [3.05, 3.63) is 147 Å². The largest absolute Gasteiger partial charge is 0.489 e. The highest BCUT2D eigenvalue weighted by Gasteiger charge is 2.33. The fraction of sp³-hybridized carbons (Fsp3) is 0.125. The van der Waals surface area contributed by atoms with E-state index in [4.69, 9.17) is 32.9 Å². The van der Waals surface area contributed by atoms with Gasteiger partial charge >= 0.3 is 0 Å². The summed E-state index contributed by atoms with van der Waals surface area (Å²) in [5.74, 6) is 0.691. The van der Waals surface area contributed by atoms with E-state index in [0.717, 1.165) is 39.3 Å². The van der Waals surface area contributed by atoms with Gasteiger partial charge in [-0.05, 0) is 71.3 Å². The lowest BCUT2D eigenvalue weighted by molar-refractivity contribution is 0.306. The molecular weight excluding hydrogens is 579 g/mol. The van der Waals surface area contributed by atoms with E-state index < -0.39 is 0 Å². The summed E-state index contributed by atoms with van der Waals surface area (Å²) in [6.45, 7) is 0.315. The number of ether oxygens (including phenoxy) is 1. The number of benzene rings is 3. The van der Waals surface area contributed by atoms with Crippen molar-refractivity contribution in [2.45, 2.75) is 25.5 Å². The summed E-state index contributed by atoms with van der Waals surface area (Å²) in [7, 11) is 0. The van der Waals surface area contributed by atoms with Gasteiger partial charge in [-0.25, -0.2) is 4.99 Å². The lowest BCUT2D eigenvalue weighted by Crippen LogP contribution is -2.38. The fourth-order valence-corrected chi connectivity index (χ4v) is 7.68. The van der Waals surface area contributed by atoms with Crippen LogP contribution in [0.4, 0.5) is 0 Å². The molecule has 0 bridgehead atoms. The summed E-state index contributed by atoms with van der Waals surface area (Å²) >= 11 is 15.4. The summed E-state index contributed by atoms with van der Waals surface area (Å²) in [5.41, 5.74) is 6.43. The number of thiophene rings is 1. The van der Waals surface area contributed by atoms with Crippen LogP contribution in [0.1, 0.15) is 39.6 Å². The third-order valence-electron chi connectivity index (χ3n) is 7.25. The van der Waals surface area contributed by atoms with Crippen molar-refractivity contribution in [1.82, 2.24) is 4.57 Å². The predicted octanol–water partition coefficient (Wildman–Crippen LogP) is 7.27. The van der Waals surface area contributed by atoms with E-state index in [1.807, 2.05) is 41.0 Å². The second-order valence-electron chi connectivity index (χ2n) is 9.73. The molecule has 3 heterocycles. The molecule has 5 aromatic rings. The van der Waals surface area contributed by atoms with Crippen molar-refractivity contribution < 1.29 is 4.74 Å². The maximum Gasteiger partial charge on any atom is 0.271 e. The van der Waals surface area contributed by atoms with E-state index in [1.54, 1.807) is 23.5 Å². The zero-order chi connectivity index (χ0) is 27.2. The fourth-order valence-electron chi connectivity index (χ4n) is 5.36. The summed E-state index contributed by atoms with van der Waals surface area (Å²) < 4.78 is 8.55. The van der Waals surface area contributed by atoms with Gasteiger partial charge in [-0.2, -0.15) is 0 Å². The number of nitrogens with zero attached hydrogens (tertiary/aromatic N) is 2. The molecule has 0 N–H and O–H groups in total. The Morgan fingerprint density at radius 1 is 1.00 bits per heavy atom. The zero-order valence-electron chi connectivity index (χ0n) is 21.1. The minimum absolute atomic E-state index is 0.0215. The third-order valence-corrected chi connectivity index (χ3v) is 9.75. The molecule has 0 fully saturated rings. The van der Waals surface area contributed by atoms with Gasteiger partial charge in [-0.3, -0.25) is 9.36 Å². The van der Waals surface area contributed by atoms with Crippen LogP contribution in [0, 0.1) is 0 Å². The van der Waals surface area contributed by atoms with E-state index in [2.05, 4.69) is 41.8 Å². The van der Waals surface area contributed by atoms with Crippen LogP contribution in [0.25, 0.3) is 11.8 Å². The number of aromatic nitrogens is 1.